The van der Waals surface area contributed by atoms with Crippen LogP contribution >= 0.6 is 0 Å². The van der Waals surface area contributed by atoms with E-state index in [1.807, 2.05) is 0 Å². The van der Waals surface area contributed by atoms with Crippen molar-refractivity contribution in [1.82, 2.24) is 5.32 Å². The molecule has 0 aromatic carbocycles. The van der Waals surface area contributed by atoms with Crippen LogP contribution in [0.3, 0.4) is 0 Å². The molecule has 0 saturated carbocycles. The Hall–Kier alpha value is -1.23. The molecule has 0 atom stereocenters. The van der Waals surface area contributed by atoms with E-state index in [0.717, 1.165) is 0 Å². The molecule has 0 aliphatic rings. The van der Waals surface area contributed by atoms with Gasteiger partial charge in [-0.2, -0.15) is 0 Å². The molecule has 9 heavy (non-hydrogen) atoms. The van der Waals surface area contributed by atoms with Crippen LogP contribution in [0.4, 0.5) is 4.39 Å². The van der Waals surface area contributed by atoms with E-state index in [-0.39, 0.29) is 5.83 Å². The summed E-state index contributed by atoms with van der Waals surface area (Å²) >= 11 is 0. The second kappa shape index (κ2) is 4.92. The minimum Gasteiger partial charge on any atom is -0.392 e. The van der Waals surface area contributed by atoms with Crippen LogP contribution in [0, 0.1) is 12.3 Å². The zero-order valence-electron chi connectivity index (χ0n) is 5.19. The fraction of sp³-hybridized carbons (Fsp3) is 0.143. The Bertz CT molecular complexity index is 162. The fourth-order valence-electron chi connectivity index (χ4n) is 0.314. The molecule has 0 heterocycles. The molecule has 1 N–H and O–H groups in total. The highest BCUT2D eigenvalue weighted by Gasteiger charge is 1.80. The van der Waals surface area contributed by atoms with Gasteiger partial charge in [0.2, 0.25) is 0 Å². The first-order valence-electron chi connectivity index (χ1n) is 2.47. The maximum Gasteiger partial charge on any atom is 0.139 e. The molecule has 0 aliphatic carbocycles. The van der Waals surface area contributed by atoms with Gasteiger partial charge in [0.15, 0.2) is 0 Å². The molecule has 48 valence electrons. The first kappa shape index (κ1) is 7.77. The molecule has 0 fully saturated rings. The second-order valence-corrected chi connectivity index (χ2v) is 1.32. The van der Waals surface area contributed by atoms with Gasteiger partial charge in [-0.25, -0.2) is 4.39 Å². The van der Waals surface area contributed by atoms with Crippen molar-refractivity contribution in [1.29, 1.82) is 0 Å². The lowest BCUT2D eigenvalue weighted by atomic mass is 10.4. The summed E-state index contributed by atoms with van der Waals surface area (Å²) in [5.41, 5.74) is 0. The Kier molecular flexibility index (Phi) is 4.25. The number of rotatable bonds is 2. The summed E-state index contributed by atoms with van der Waals surface area (Å²) < 4.78 is 12.2. The molecule has 0 aromatic rings. The molecule has 0 saturated heterocycles. The molecule has 0 aromatic heterocycles. The lowest BCUT2D eigenvalue weighted by Crippen LogP contribution is -1.92. The first-order valence-corrected chi connectivity index (χ1v) is 2.47. The Morgan fingerprint density at radius 3 is 2.89 bits per heavy atom. The van der Waals surface area contributed by atoms with E-state index in [0.29, 0.717) is 0 Å². The fourth-order valence-corrected chi connectivity index (χ4v) is 0.314. The number of terminal acetylenes is 1. The van der Waals surface area contributed by atoms with Gasteiger partial charge in [0, 0.05) is 13.2 Å². The lowest BCUT2D eigenvalue weighted by Gasteiger charge is -1.84. The van der Waals surface area contributed by atoms with Gasteiger partial charge in [-0.1, -0.05) is 5.92 Å². The number of halogens is 1. The number of nitrogens with one attached hydrogen (secondary N) is 1. The van der Waals surface area contributed by atoms with Crippen molar-refractivity contribution in [3.63, 3.8) is 0 Å². The van der Waals surface area contributed by atoms with Crippen LogP contribution in [0.25, 0.3) is 0 Å². The zero-order valence-corrected chi connectivity index (χ0v) is 5.19. The third kappa shape index (κ3) is 4.63. The van der Waals surface area contributed by atoms with Crippen molar-refractivity contribution in [2.45, 2.75) is 0 Å². The summed E-state index contributed by atoms with van der Waals surface area (Å²) in [6, 6.07) is 0. The summed E-state index contributed by atoms with van der Waals surface area (Å²) in [7, 11) is 1.61. The summed E-state index contributed by atoms with van der Waals surface area (Å²) in [6.45, 7) is 0. The highest BCUT2D eigenvalue weighted by Crippen LogP contribution is 1.93. The third-order valence-electron chi connectivity index (χ3n) is 0.621. The van der Waals surface area contributed by atoms with E-state index < -0.39 is 0 Å². The van der Waals surface area contributed by atoms with E-state index in [4.69, 9.17) is 6.42 Å². The molecule has 0 unspecified atom stereocenters. The van der Waals surface area contributed by atoms with Gasteiger partial charge in [-0.05, 0) is 12.2 Å². The van der Waals surface area contributed by atoms with Crippen LogP contribution in [0.5, 0.6) is 0 Å². The van der Waals surface area contributed by atoms with Gasteiger partial charge in [-0.15, -0.1) is 6.42 Å². The molecular weight excluding hydrogens is 117 g/mol. The Morgan fingerprint density at radius 1 is 1.78 bits per heavy atom. The third-order valence-corrected chi connectivity index (χ3v) is 0.621. The van der Waals surface area contributed by atoms with Crippen LogP contribution in [0.15, 0.2) is 24.2 Å². The smallest absolute Gasteiger partial charge is 0.139 e. The quantitative estimate of drug-likeness (QED) is 0.432. The molecule has 0 spiro atoms. The van der Waals surface area contributed by atoms with E-state index in [1.54, 1.807) is 7.05 Å². The molecule has 0 aliphatic heterocycles. The van der Waals surface area contributed by atoms with Crippen LogP contribution in [0.1, 0.15) is 0 Å². The standard InChI is InChI=1S/C7H8FN/c1-3-4-5-7(8)6-9-2/h1,4-6,9H,2H3/b5-4-,7-6+. The minimum atomic E-state index is -0.379. The largest absolute Gasteiger partial charge is 0.392 e. The van der Waals surface area contributed by atoms with Crippen molar-refractivity contribution in [3.8, 4) is 12.3 Å². The first-order chi connectivity index (χ1) is 4.31. The van der Waals surface area contributed by atoms with Crippen LogP contribution < -0.4 is 5.32 Å². The van der Waals surface area contributed by atoms with Crippen molar-refractivity contribution in [2.24, 2.45) is 0 Å². The average molecular weight is 125 g/mol. The summed E-state index contributed by atoms with van der Waals surface area (Å²) in [4.78, 5) is 0. The van der Waals surface area contributed by atoms with E-state index in [1.165, 1.54) is 18.4 Å². The summed E-state index contributed by atoms with van der Waals surface area (Å²) in [6.07, 6.45) is 8.54. The molecule has 0 amide bonds. The number of allylic oxidation sites excluding steroid dienone is 3. The maximum absolute atomic E-state index is 12.2. The molecule has 0 bridgehead atoms. The number of hydrogen-bond acceptors (Lipinski definition) is 1. The Labute approximate surface area is 54.3 Å². The maximum atomic E-state index is 12.2. The summed E-state index contributed by atoms with van der Waals surface area (Å²) in [5.74, 6) is 1.79. The monoisotopic (exact) mass is 125 g/mol. The van der Waals surface area contributed by atoms with E-state index in [9.17, 15) is 4.39 Å². The highest BCUT2D eigenvalue weighted by molar-refractivity contribution is 5.19. The van der Waals surface area contributed by atoms with E-state index >= 15 is 0 Å². The molecule has 2 heteroatoms. The van der Waals surface area contributed by atoms with Crippen molar-refractivity contribution in [2.75, 3.05) is 7.05 Å². The average Bonchev–Trinajstić information content (AvgIpc) is 1.85. The van der Waals surface area contributed by atoms with Crippen molar-refractivity contribution >= 4 is 0 Å². The molecular formula is C7H8FN. The predicted molar refractivity (Wildman–Crippen MR) is 36.2 cm³/mol. The van der Waals surface area contributed by atoms with E-state index in [2.05, 4.69) is 11.2 Å². The van der Waals surface area contributed by atoms with Crippen LogP contribution in [0.2, 0.25) is 0 Å². The van der Waals surface area contributed by atoms with Gasteiger partial charge in [-0.3, -0.25) is 0 Å². The second-order valence-electron chi connectivity index (χ2n) is 1.32. The van der Waals surface area contributed by atoms with Gasteiger partial charge in [0.1, 0.15) is 5.83 Å². The predicted octanol–water partition coefficient (Wildman–Crippen LogP) is 1.21. The SMILES string of the molecule is C#C/C=C\C(F)=C/NC. The van der Waals surface area contributed by atoms with Gasteiger partial charge in [0.25, 0.3) is 0 Å². The minimum absolute atomic E-state index is 0.379. The van der Waals surface area contributed by atoms with Crippen molar-refractivity contribution < 1.29 is 4.39 Å². The number of hydrogen-bond donors (Lipinski definition) is 1. The molecule has 0 rings (SSSR count). The zero-order chi connectivity index (χ0) is 7.11. The van der Waals surface area contributed by atoms with Gasteiger partial charge in [0.05, 0.1) is 0 Å². The lowest BCUT2D eigenvalue weighted by molar-refractivity contribution is 0.657. The normalized spacial score (nSPS) is 11.4. The summed E-state index contributed by atoms with van der Waals surface area (Å²) in [5, 5.41) is 2.52. The highest BCUT2D eigenvalue weighted by atomic mass is 19.1. The van der Waals surface area contributed by atoms with Gasteiger partial charge < -0.3 is 5.32 Å². The molecule has 0 radical (unpaired) electrons. The van der Waals surface area contributed by atoms with Crippen molar-refractivity contribution in [3.05, 3.63) is 24.2 Å². The van der Waals surface area contributed by atoms with Gasteiger partial charge >= 0.3 is 0 Å². The molecule has 1 nitrogen and oxygen atoms in total. The topological polar surface area (TPSA) is 12.0 Å². The Morgan fingerprint density at radius 2 is 2.44 bits per heavy atom. The van der Waals surface area contributed by atoms with Crippen LogP contribution in [-0.4, -0.2) is 7.05 Å². The van der Waals surface area contributed by atoms with Crippen LogP contribution in [-0.2, 0) is 0 Å². The Balaban J connectivity index is 3.78.